The summed E-state index contributed by atoms with van der Waals surface area (Å²) in [6.07, 6.45) is -0.419. The van der Waals surface area contributed by atoms with E-state index >= 15 is 0 Å². The van der Waals surface area contributed by atoms with Crippen LogP contribution in [0, 0.1) is 12.7 Å². The highest BCUT2D eigenvalue weighted by atomic mass is 35.5. The van der Waals surface area contributed by atoms with Gasteiger partial charge in [-0.25, -0.2) is 16.8 Å². The van der Waals surface area contributed by atoms with E-state index in [0.717, 1.165) is 27.5 Å². The number of carbonyl (C=O) groups is 1. The topological polar surface area (TPSA) is 79.6 Å². The van der Waals surface area contributed by atoms with Crippen LogP contribution in [0.25, 0.3) is 10.9 Å². The number of benzene rings is 3. The molecule has 1 heterocycles. The summed E-state index contributed by atoms with van der Waals surface area (Å²) in [5, 5.41) is 10.1. The van der Waals surface area contributed by atoms with Crippen molar-refractivity contribution < 1.29 is 22.7 Å². The molecule has 0 fully saturated rings. The predicted octanol–water partition coefficient (Wildman–Crippen LogP) is 5.37. The summed E-state index contributed by atoms with van der Waals surface area (Å²) in [6, 6.07) is 17.2. The van der Waals surface area contributed by atoms with Gasteiger partial charge in [0.25, 0.3) is 10.0 Å². The SMILES string of the molecule is Cc1c(CC(=O)O)c2cc(F)ccc2n1S(=O)(=O)c1ccc(N(C)c2cccc(Cl)c2)cc1. The third-order valence-corrected chi connectivity index (χ3v) is 7.58. The lowest BCUT2D eigenvalue weighted by molar-refractivity contribution is -0.136. The van der Waals surface area contributed by atoms with E-state index in [0.29, 0.717) is 5.02 Å². The molecule has 0 radical (unpaired) electrons. The molecule has 0 bridgehead atoms. The van der Waals surface area contributed by atoms with Crippen molar-refractivity contribution in [3.8, 4) is 0 Å². The van der Waals surface area contributed by atoms with Crippen LogP contribution in [0.2, 0.25) is 5.02 Å². The maximum Gasteiger partial charge on any atom is 0.307 e. The van der Waals surface area contributed by atoms with Gasteiger partial charge in [-0.3, -0.25) is 4.79 Å². The number of nitrogens with zero attached hydrogens (tertiary/aromatic N) is 2. The summed E-state index contributed by atoms with van der Waals surface area (Å²) >= 11 is 6.07. The lowest BCUT2D eigenvalue weighted by Gasteiger charge is -2.20. The fourth-order valence-corrected chi connectivity index (χ4v) is 5.65. The summed E-state index contributed by atoms with van der Waals surface area (Å²) < 4.78 is 42.0. The fraction of sp³-hybridized carbons (Fsp3) is 0.125. The van der Waals surface area contributed by atoms with Crippen molar-refractivity contribution in [2.45, 2.75) is 18.2 Å². The second-order valence-corrected chi connectivity index (χ2v) is 9.82. The zero-order chi connectivity index (χ0) is 23.9. The van der Waals surface area contributed by atoms with Crippen LogP contribution in [0.15, 0.2) is 71.6 Å². The summed E-state index contributed by atoms with van der Waals surface area (Å²) in [4.78, 5) is 13.2. The highest BCUT2D eigenvalue weighted by Gasteiger charge is 2.26. The Bertz CT molecular complexity index is 1480. The molecule has 1 N–H and O–H groups in total. The number of hydrogen-bond acceptors (Lipinski definition) is 4. The average molecular weight is 487 g/mol. The molecule has 33 heavy (non-hydrogen) atoms. The van der Waals surface area contributed by atoms with Crippen LogP contribution >= 0.6 is 11.6 Å². The van der Waals surface area contributed by atoms with Gasteiger partial charge in [0.15, 0.2) is 0 Å². The van der Waals surface area contributed by atoms with Gasteiger partial charge in [-0.2, -0.15) is 0 Å². The Morgan fingerprint density at radius 1 is 1.06 bits per heavy atom. The van der Waals surface area contributed by atoms with Crippen molar-refractivity contribution in [2.75, 3.05) is 11.9 Å². The molecule has 0 unspecified atom stereocenters. The van der Waals surface area contributed by atoms with Crippen molar-refractivity contribution in [3.63, 3.8) is 0 Å². The van der Waals surface area contributed by atoms with Crippen molar-refractivity contribution in [1.82, 2.24) is 3.97 Å². The average Bonchev–Trinajstić information content (AvgIpc) is 3.04. The van der Waals surface area contributed by atoms with Crippen LogP contribution in [-0.2, 0) is 21.2 Å². The molecule has 0 aliphatic carbocycles. The molecule has 1 aromatic heterocycles. The Kier molecular flexibility index (Phi) is 5.90. The highest BCUT2D eigenvalue weighted by Crippen LogP contribution is 2.32. The van der Waals surface area contributed by atoms with Crippen LogP contribution in [-0.4, -0.2) is 30.5 Å². The molecule has 9 heteroatoms. The van der Waals surface area contributed by atoms with E-state index in [-0.39, 0.29) is 27.1 Å². The molecular weight excluding hydrogens is 467 g/mol. The van der Waals surface area contributed by atoms with E-state index < -0.39 is 28.2 Å². The lowest BCUT2D eigenvalue weighted by atomic mass is 10.1. The van der Waals surface area contributed by atoms with Gasteiger partial charge in [-0.1, -0.05) is 17.7 Å². The van der Waals surface area contributed by atoms with Gasteiger partial charge >= 0.3 is 5.97 Å². The van der Waals surface area contributed by atoms with Crippen LogP contribution in [0.1, 0.15) is 11.3 Å². The number of fused-ring (bicyclic) bond motifs is 1. The van der Waals surface area contributed by atoms with Crippen molar-refractivity contribution in [2.24, 2.45) is 0 Å². The summed E-state index contributed by atoms with van der Waals surface area (Å²) in [6.45, 7) is 1.52. The largest absolute Gasteiger partial charge is 0.481 e. The van der Waals surface area contributed by atoms with E-state index in [9.17, 15) is 22.7 Å². The zero-order valence-electron chi connectivity index (χ0n) is 17.8. The van der Waals surface area contributed by atoms with E-state index in [1.807, 2.05) is 24.1 Å². The minimum Gasteiger partial charge on any atom is -0.481 e. The molecule has 0 aliphatic rings. The first-order valence-corrected chi connectivity index (χ1v) is 11.8. The Morgan fingerprint density at radius 2 is 1.76 bits per heavy atom. The minimum atomic E-state index is -4.08. The molecule has 3 aromatic carbocycles. The van der Waals surface area contributed by atoms with Crippen molar-refractivity contribution in [1.29, 1.82) is 0 Å². The van der Waals surface area contributed by atoms with E-state index in [1.54, 1.807) is 24.3 Å². The normalized spacial score (nSPS) is 11.6. The van der Waals surface area contributed by atoms with Gasteiger partial charge < -0.3 is 10.0 Å². The van der Waals surface area contributed by atoms with Gasteiger partial charge in [-0.15, -0.1) is 0 Å². The van der Waals surface area contributed by atoms with E-state index in [4.69, 9.17) is 11.6 Å². The standard InChI is InChI=1S/C24H20ClFN2O4S/c1-15-21(14-24(29)30)22-13-17(26)6-11-23(22)28(15)33(31,32)20-9-7-18(8-10-20)27(2)19-5-3-4-16(25)12-19/h3-13H,14H2,1-2H3,(H,29,30). The molecule has 0 aliphatic heterocycles. The third kappa shape index (κ3) is 4.19. The second kappa shape index (κ2) is 8.53. The molecule has 0 atom stereocenters. The number of aliphatic carboxylic acids is 1. The van der Waals surface area contributed by atoms with Gasteiger partial charge in [0.2, 0.25) is 0 Å². The van der Waals surface area contributed by atoms with Gasteiger partial charge in [0.1, 0.15) is 5.82 Å². The number of hydrogen-bond donors (Lipinski definition) is 1. The Hall–Kier alpha value is -3.36. The predicted molar refractivity (Wildman–Crippen MR) is 127 cm³/mol. The highest BCUT2D eigenvalue weighted by molar-refractivity contribution is 7.90. The van der Waals surface area contributed by atoms with Crippen LogP contribution in [0.3, 0.4) is 0 Å². The maximum atomic E-state index is 13.9. The second-order valence-electron chi connectivity index (χ2n) is 7.60. The summed E-state index contributed by atoms with van der Waals surface area (Å²) in [5.74, 6) is -1.70. The van der Waals surface area contributed by atoms with Gasteiger partial charge in [0, 0.05) is 34.5 Å². The van der Waals surface area contributed by atoms with Gasteiger partial charge in [0.05, 0.1) is 16.8 Å². The minimum absolute atomic E-state index is 0.0249. The summed E-state index contributed by atoms with van der Waals surface area (Å²) in [7, 11) is -2.24. The first-order valence-electron chi connectivity index (χ1n) is 9.96. The Morgan fingerprint density at radius 3 is 2.39 bits per heavy atom. The van der Waals surface area contributed by atoms with E-state index in [2.05, 4.69) is 0 Å². The quantitative estimate of drug-likeness (QED) is 0.396. The smallest absolute Gasteiger partial charge is 0.307 e. The monoisotopic (exact) mass is 486 g/mol. The molecule has 4 aromatic rings. The molecule has 0 saturated heterocycles. The van der Waals surface area contributed by atoms with Crippen molar-refractivity contribution in [3.05, 3.63) is 88.8 Å². The Labute approximate surface area is 195 Å². The number of aromatic nitrogens is 1. The fourth-order valence-electron chi connectivity index (χ4n) is 3.89. The third-order valence-electron chi connectivity index (χ3n) is 5.53. The first kappa shape index (κ1) is 22.8. The van der Waals surface area contributed by atoms with Crippen molar-refractivity contribution >= 4 is 49.9 Å². The number of halogens is 2. The number of rotatable bonds is 6. The number of carboxylic acid groups (broad SMARTS) is 1. The molecule has 0 spiro atoms. The lowest BCUT2D eigenvalue weighted by Crippen LogP contribution is -2.15. The number of carboxylic acids is 1. The Balaban J connectivity index is 1.79. The molecule has 0 saturated carbocycles. The maximum absolute atomic E-state index is 13.9. The molecular formula is C24H20ClFN2O4S. The summed E-state index contributed by atoms with van der Waals surface area (Å²) in [5.41, 5.74) is 2.31. The molecule has 6 nitrogen and oxygen atoms in total. The van der Waals surface area contributed by atoms with Crippen LogP contribution in [0.4, 0.5) is 15.8 Å². The zero-order valence-corrected chi connectivity index (χ0v) is 19.4. The van der Waals surface area contributed by atoms with E-state index in [1.165, 1.54) is 25.1 Å². The van der Waals surface area contributed by atoms with Crippen LogP contribution < -0.4 is 4.90 Å². The first-order chi connectivity index (χ1) is 15.6. The van der Waals surface area contributed by atoms with Crippen LogP contribution in [0.5, 0.6) is 0 Å². The number of anilines is 2. The molecule has 0 amide bonds. The molecule has 170 valence electrons. The van der Waals surface area contributed by atoms with Gasteiger partial charge in [-0.05, 0) is 73.2 Å². The molecule has 4 rings (SSSR count).